The molecule has 1 fully saturated rings. The molecule has 1 N–H and O–H groups in total. The van der Waals surface area contributed by atoms with E-state index in [-0.39, 0.29) is 11.8 Å². The normalized spacial score (nSPS) is 24.2. The number of anilines is 1. The van der Waals surface area contributed by atoms with Gasteiger partial charge in [0.05, 0.1) is 0 Å². The van der Waals surface area contributed by atoms with Crippen molar-refractivity contribution >= 4 is 17.8 Å². The van der Waals surface area contributed by atoms with Crippen LogP contribution in [0.25, 0.3) is 0 Å². The molecule has 3 heteroatoms. The lowest BCUT2D eigenvalue weighted by molar-refractivity contribution is -0.115. The number of benzene rings is 1. The van der Waals surface area contributed by atoms with Crippen molar-refractivity contribution in [3.05, 3.63) is 29.8 Å². The smallest absolute Gasteiger partial charge is 0.237 e. The van der Waals surface area contributed by atoms with Crippen LogP contribution in [0.4, 0.5) is 5.69 Å². The molecule has 2 aliphatic rings. The summed E-state index contributed by atoms with van der Waals surface area (Å²) in [5.74, 6) is -0.141. The Bertz CT molecular complexity index is 501. The Morgan fingerprint density at radius 1 is 1.05 bits per heavy atom. The van der Waals surface area contributed by atoms with Gasteiger partial charge in [-0.05, 0) is 24.5 Å². The lowest BCUT2D eigenvalue weighted by Crippen LogP contribution is -2.15. The molecular formula is C17H22N2O. The summed E-state index contributed by atoms with van der Waals surface area (Å²) in [5.41, 5.74) is 2.00. The van der Waals surface area contributed by atoms with Gasteiger partial charge >= 0.3 is 0 Å². The molecule has 1 atom stereocenters. The van der Waals surface area contributed by atoms with E-state index in [1.54, 1.807) is 0 Å². The van der Waals surface area contributed by atoms with E-state index in [9.17, 15) is 4.79 Å². The number of hydrogen-bond donors (Lipinski definition) is 1. The molecule has 1 aliphatic carbocycles. The Morgan fingerprint density at radius 2 is 1.75 bits per heavy atom. The van der Waals surface area contributed by atoms with Crippen LogP contribution in [0, 0.1) is 0 Å². The van der Waals surface area contributed by atoms with Gasteiger partial charge in [0.1, 0.15) is 5.92 Å². The number of hydrogen-bond acceptors (Lipinski definition) is 2. The highest BCUT2D eigenvalue weighted by Gasteiger charge is 2.28. The number of carbonyl (C=O) groups is 1. The van der Waals surface area contributed by atoms with Gasteiger partial charge in [-0.1, -0.05) is 50.3 Å². The minimum absolute atomic E-state index is 0.0563. The number of aliphatic imine (C=N–C) groups is 1. The van der Waals surface area contributed by atoms with Crippen LogP contribution >= 0.6 is 0 Å². The third-order valence-electron chi connectivity index (χ3n) is 4.36. The van der Waals surface area contributed by atoms with E-state index < -0.39 is 0 Å². The van der Waals surface area contributed by atoms with Crippen molar-refractivity contribution < 1.29 is 4.79 Å². The average Bonchev–Trinajstić information content (AvgIpc) is 2.73. The van der Waals surface area contributed by atoms with Crippen LogP contribution in [-0.2, 0) is 4.79 Å². The Balaban J connectivity index is 1.70. The lowest BCUT2D eigenvalue weighted by Gasteiger charge is -2.16. The molecule has 1 aromatic rings. The van der Waals surface area contributed by atoms with E-state index >= 15 is 0 Å². The van der Waals surface area contributed by atoms with Gasteiger partial charge in [-0.2, -0.15) is 0 Å². The number of nitrogens with zero attached hydrogens (tertiary/aromatic N) is 1. The van der Waals surface area contributed by atoms with Crippen LogP contribution in [0.15, 0.2) is 29.3 Å². The van der Waals surface area contributed by atoms with E-state index in [2.05, 4.69) is 5.32 Å². The molecule has 3 nitrogen and oxygen atoms in total. The molecule has 1 saturated carbocycles. The van der Waals surface area contributed by atoms with Crippen LogP contribution in [0.1, 0.15) is 56.4 Å². The number of fused-ring (bicyclic) bond motifs is 1. The van der Waals surface area contributed by atoms with E-state index in [4.69, 9.17) is 4.99 Å². The van der Waals surface area contributed by atoms with E-state index in [1.165, 1.54) is 44.9 Å². The fourth-order valence-corrected chi connectivity index (χ4v) is 3.17. The van der Waals surface area contributed by atoms with Crippen LogP contribution in [0.2, 0.25) is 0 Å². The van der Waals surface area contributed by atoms with E-state index in [0.29, 0.717) is 6.04 Å². The fraction of sp³-hybridized carbons (Fsp3) is 0.529. The first-order chi connectivity index (χ1) is 9.84. The van der Waals surface area contributed by atoms with Gasteiger partial charge in [-0.25, -0.2) is 0 Å². The fourth-order valence-electron chi connectivity index (χ4n) is 3.17. The summed E-state index contributed by atoms with van der Waals surface area (Å²) in [6.07, 6.45) is 10.8. The standard InChI is InChI=1S/C17H22N2O/c20-17-15(14-10-6-7-11-16(14)19-17)12-18-13-8-4-2-1-3-5-9-13/h6-7,10-13,15H,1-5,8-9H2,(H,19,20)/t15-/m1/s1. The molecule has 20 heavy (non-hydrogen) atoms. The van der Waals surface area contributed by atoms with Gasteiger partial charge in [-0.15, -0.1) is 0 Å². The molecule has 106 valence electrons. The van der Waals surface area contributed by atoms with Crippen molar-refractivity contribution in [2.24, 2.45) is 4.99 Å². The molecular weight excluding hydrogens is 248 g/mol. The Kier molecular flexibility index (Phi) is 4.14. The summed E-state index contributed by atoms with van der Waals surface area (Å²) < 4.78 is 0. The topological polar surface area (TPSA) is 41.5 Å². The van der Waals surface area contributed by atoms with Crippen molar-refractivity contribution in [3.63, 3.8) is 0 Å². The number of carbonyl (C=O) groups excluding carboxylic acids is 1. The molecule has 1 heterocycles. The summed E-state index contributed by atoms with van der Waals surface area (Å²) in [7, 11) is 0. The second kappa shape index (κ2) is 6.21. The molecule has 1 aromatic carbocycles. The van der Waals surface area contributed by atoms with Gasteiger partial charge < -0.3 is 5.32 Å². The largest absolute Gasteiger partial charge is 0.325 e. The zero-order valence-corrected chi connectivity index (χ0v) is 11.8. The van der Waals surface area contributed by atoms with Gasteiger partial charge in [-0.3, -0.25) is 9.79 Å². The van der Waals surface area contributed by atoms with Gasteiger partial charge in [0.15, 0.2) is 0 Å². The average molecular weight is 270 g/mol. The van der Waals surface area contributed by atoms with Crippen LogP contribution in [-0.4, -0.2) is 18.2 Å². The molecule has 0 bridgehead atoms. The van der Waals surface area contributed by atoms with Gasteiger partial charge in [0.2, 0.25) is 5.91 Å². The predicted octanol–water partition coefficient (Wildman–Crippen LogP) is 3.91. The summed E-state index contributed by atoms with van der Waals surface area (Å²) in [6, 6.07) is 8.32. The minimum Gasteiger partial charge on any atom is -0.325 e. The third kappa shape index (κ3) is 2.92. The lowest BCUT2D eigenvalue weighted by atomic mass is 9.96. The maximum Gasteiger partial charge on any atom is 0.237 e. The van der Waals surface area contributed by atoms with Crippen LogP contribution < -0.4 is 5.32 Å². The number of amides is 1. The van der Waals surface area contributed by atoms with E-state index in [0.717, 1.165) is 11.3 Å². The van der Waals surface area contributed by atoms with Crippen LogP contribution in [0.5, 0.6) is 0 Å². The number of para-hydroxylation sites is 1. The Hall–Kier alpha value is -1.64. The highest BCUT2D eigenvalue weighted by molar-refractivity contribution is 6.12. The maximum absolute atomic E-state index is 12.0. The van der Waals surface area contributed by atoms with Crippen LogP contribution in [0.3, 0.4) is 0 Å². The molecule has 0 unspecified atom stereocenters. The quantitative estimate of drug-likeness (QED) is 0.813. The SMILES string of the molecule is O=C1Nc2ccccc2[C@H]1C=NC1CCCCCCC1. The Morgan fingerprint density at radius 3 is 2.55 bits per heavy atom. The summed E-state index contributed by atoms with van der Waals surface area (Å²) in [4.78, 5) is 16.8. The monoisotopic (exact) mass is 270 g/mol. The van der Waals surface area contributed by atoms with Gasteiger partial charge in [0.25, 0.3) is 0 Å². The highest BCUT2D eigenvalue weighted by Crippen LogP contribution is 2.31. The molecule has 0 aromatic heterocycles. The first kappa shape index (κ1) is 13.3. The summed E-state index contributed by atoms with van der Waals surface area (Å²) in [5, 5.41) is 2.93. The first-order valence-corrected chi connectivity index (χ1v) is 7.78. The zero-order valence-electron chi connectivity index (χ0n) is 11.8. The third-order valence-corrected chi connectivity index (χ3v) is 4.36. The molecule has 3 rings (SSSR count). The van der Waals surface area contributed by atoms with Gasteiger partial charge in [0, 0.05) is 17.9 Å². The predicted molar refractivity (Wildman–Crippen MR) is 82.4 cm³/mol. The Labute approximate surface area is 120 Å². The van der Waals surface area contributed by atoms with Crippen molar-refractivity contribution in [2.45, 2.75) is 56.9 Å². The van der Waals surface area contributed by atoms with Crippen molar-refractivity contribution in [1.29, 1.82) is 0 Å². The second-order valence-corrected chi connectivity index (χ2v) is 5.85. The number of rotatable bonds is 2. The molecule has 1 aliphatic heterocycles. The highest BCUT2D eigenvalue weighted by atomic mass is 16.2. The zero-order chi connectivity index (χ0) is 13.8. The molecule has 0 radical (unpaired) electrons. The molecule has 1 amide bonds. The summed E-state index contributed by atoms with van der Waals surface area (Å²) in [6.45, 7) is 0. The minimum atomic E-state index is -0.198. The van der Waals surface area contributed by atoms with Crippen molar-refractivity contribution in [1.82, 2.24) is 0 Å². The molecule has 0 spiro atoms. The second-order valence-electron chi connectivity index (χ2n) is 5.85. The van der Waals surface area contributed by atoms with Crippen molar-refractivity contribution in [3.8, 4) is 0 Å². The number of nitrogens with one attached hydrogen (secondary N) is 1. The first-order valence-electron chi connectivity index (χ1n) is 7.78. The van der Waals surface area contributed by atoms with Crippen molar-refractivity contribution in [2.75, 3.05) is 5.32 Å². The summed E-state index contributed by atoms with van der Waals surface area (Å²) >= 11 is 0. The van der Waals surface area contributed by atoms with E-state index in [1.807, 2.05) is 30.5 Å². The molecule has 0 saturated heterocycles. The maximum atomic E-state index is 12.0.